The number of aromatic nitrogens is 4. The summed E-state index contributed by atoms with van der Waals surface area (Å²) in [5.74, 6) is 0.0381. The fourth-order valence-corrected chi connectivity index (χ4v) is 4.70. The van der Waals surface area contributed by atoms with Gasteiger partial charge in [-0.05, 0) is 82.8 Å². The molecule has 0 aliphatic rings. The second-order valence-corrected chi connectivity index (χ2v) is 10.1. The van der Waals surface area contributed by atoms with Crippen LogP contribution in [0.5, 0.6) is 5.75 Å². The molecule has 4 aromatic rings. The molecular weight excluding hydrogens is 621 g/mol. The fraction of sp³-hybridized carbons (Fsp3) is 0.345. The number of aryl methyl sites for hydroxylation is 2. The van der Waals surface area contributed by atoms with E-state index < -0.39 is 53.9 Å². The number of methoxy groups -OCH3 is 1. The molecule has 0 aliphatic heterocycles. The number of benzene rings is 3. The molecule has 1 N–H and O–H groups in total. The van der Waals surface area contributed by atoms with Crippen molar-refractivity contribution in [3.05, 3.63) is 88.0 Å². The van der Waals surface area contributed by atoms with Gasteiger partial charge >= 0.3 is 18.5 Å². The van der Waals surface area contributed by atoms with Gasteiger partial charge in [-0.1, -0.05) is 17.2 Å². The number of halogens is 9. The second kappa shape index (κ2) is 12.9. The standard InChI is InChI=1S/C29H26F9N5O2/c1-42-40-26(39-41-42)43(15-18-10-21(28(33,34)35)14-22(11-18)29(36,37)38)16-19-13-20(27(30,31)32)6-7-23(19)24-12-17(4-3-9-44)5-8-25(24)45-2/h5-8,10-14,44H,3-4,9,15-16H2,1-2H3. The Morgan fingerprint density at radius 2 is 1.40 bits per heavy atom. The first-order valence-electron chi connectivity index (χ1n) is 13.2. The van der Waals surface area contributed by atoms with Crippen LogP contribution in [0.4, 0.5) is 45.5 Å². The van der Waals surface area contributed by atoms with E-state index >= 15 is 0 Å². The molecule has 0 atom stereocenters. The Morgan fingerprint density at radius 1 is 0.756 bits per heavy atom. The highest BCUT2D eigenvalue weighted by molar-refractivity contribution is 5.75. The molecule has 3 aromatic carbocycles. The van der Waals surface area contributed by atoms with E-state index in [1.165, 1.54) is 20.2 Å². The van der Waals surface area contributed by atoms with Crippen molar-refractivity contribution >= 4 is 5.95 Å². The maximum absolute atomic E-state index is 13.9. The van der Waals surface area contributed by atoms with Crippen LogP contribution < -0.4 is 9.64 Å². The van der Waals surface area contributed by atoms with E-state index in [9.17, 15) is 44.6 Å². The number of aliphatic hydroxyl groups is 1. The predicted octanol–water partition coefficient (Wildman–Crippen LogP) is 7.07. The summed E-state index contributed by atoms with van der Waals surface area (Å²) in [7, 11) is 2.72. The molecule has 0 unspecified atom stereocenters. The normalized spacial score (nSPS) is 12.4. The van der Waals surface area contributed by atoms with E-state index in [4.69, 9.17) is 4.74 Å². The Balaban J connectivity index is 1.88. The molecule has 0 bridgehead atoms. The lowest BCUT2D eigenvalue weighted by atomic mass is 9.94. The Bertz CT molecular complexity index is 1600. The van der Waals surface area contributed by atoms with Gasteiger partial charge in [-0.3, -0.25) is 0 Å². The van der Waals surface area contributed by atoms with Crippen LogP contribution in [0.15, 0.2) is 54.6 Å². The molecule has 242 valence electrons. The zero-order chi connectivity index (χ0) is 33.2. The Hall–Kier alpha value is -4.34. The summed E-state index contributed by atoms with van der Waals surface area (Å²) in [6.45, 7) is -1.23. The van der Waals surface area contributed by atoms with E-state index in [1.807, 2.05) is 0 Å². The quantitative estimate of drug-likeness (QED) is 0.186. The summed E-state index contributed by atoms with van der Waals surface area (Å²) in [6.07, 6.45) is -14.2. The van der Waals surface area contributed by atoms with Gasteiger partial charge in [0.15, 0.2) is 0 Å². The third-order valence-electron chi connectivity index (χ3n) is 6.77. The molecule has 16 heteroatoms. The smallest absolute Gasteiger partial charge is 0.416 e. The van der Waals surface area contributed by atoms with Crippen LogP contribution in [0.25, 0.3) is 11.1 Å². The average molecular weight is 648 g/mol. The van der Waals surface area contributed by atoms with Gasteiger partial charge in [0.25, 0.3) is 5.95 Å². The second-order valence-electron chi connectivity index (χ2n) is 10.1. The SMILES string of the molecule is COc1ccc(CCCO)cc1-c1ccc(C(F)(F)F)cc1CN(Cc1cc(C(F)(F)F)cc(C(F)(F)F)c1)c1nnn(C)n1. The maximum atomic E-state index is 13.9. The monoisotopic (exact) mass is 647 g/mol. The number of hydrogen-bond acceptors (Lipinski definition) is 6. The first-order chi connectivity index (χ1) is 21.0. The van der Waals surface area contributed by atoms with Crippen molar-refractivity contribution in [2.24, 2.45) is 7.05 Å². The van der Waals surface area contributed by atoms with Crippen LogP contribution in [0, 0.1) is 0 Å². The minimum atomic E-state index is -5.11. The van der Waals surface area contributed by atoms with Crippen molar-refractivity contribution in [3.63, 3.8) is 0 Å². The lowest BCUT2D eigenvalue weighted by molar-refractivity contribution is -0.143. The first-order valence-corrected chi connectivity index (χ1v) is 13.2. The van der Waals surface area contributed by atoms with E-state index in [2.05, 4.69) is 15.4 Å². The summed E-state index contributed by atoms with van der Waals surface area (Å²) in [4.78, 5) is 2.11. The van der Waals surface area contributed by atoms with Crippen LogP contribution in [0.1, 0.15) is 39.8 Å². The highest BCUT2D eigenvalue weighted by Crippen LogP contribution is 2.40. The number of anilines is 1. The molecule has 0 amide bonds. The largest absolute Gasteiger partial charge is 0.496 e. The summed E-state index contributed by atoms with van der Waals surface area (Å²) in [6, 6.07) is 8.94. The highest BCUT2D eigenvalue weighted by atomic mass is 19.4. The van der Waals surface area contributed by atoms with Gasteiger partial charge in [-0.2, -0.15) is 44.3 Å². The Kier molecular flexibility index (Phi) is 9.65. The lowest BCUT2D eigenvalue weighted by Crippen LogP contribution is -2.25. The van der Waals surface area contributed by atoms with E-state index in [0.29, 0.717) is 36.3 Å². The number of tetrazole rings is 1. The van der Waals surface area contributed by atoms with Gasteiger partial charge < -0.3 is 14.7 Å². The zero-order valence-corrected chi connectivity index (χ0v) is 23.7. The maximum Gasteiger partial charge on any atom is 0.416 e. The number of rotatable bonds is 10. The van der Waals surface area contributed by atoms with Gasteiger partial charge in [0.05, 0.1) is 30.8 Å². The predicted molar refractivity (Wildman–Crippen MR) is 144 cm³/mol. The molecule has 0 saturated heterocycles. The summed E-state index contributed by atoms with van der Waals surface area (Å²) in [5.41, 5.74) is -3.22. The van der Waals surface area contributed by atoms with Gasteiger partial charge in [0, 0.05) is 25.3 Å². The summed E-state index contributed by atoms with van der Waals surface area (Å²) >= 11 is 0. The van der Waals surface area contributed by atoms with Crippen molar-refractivity contribution in [2.75, 3.05) is 18.6 Å². The number of aliphatic hydroxyl groups excluding tert-OH is 1. The van der Waals surface area contributed by atoms with Crippen LogP contribution in [-0.4, -0.2) is 39.0 Å². The summed E-state index contributed by atoms with van der Waals surface area (Å²) in [5, 5.41) is 20.7. The number of hydrogen-bond donors (Lipinski definition) is 1. The molecule has 0 saturated carbocycles. The fourth-order valence-electron chi connectivity index (χ4n) is 4.70. The van der Waals surface area contributed by atoms with Gasteiger partial charge in [-0.25, -0.2) is 0 Å². The molecule has 45 heavy (non-hydrogen) atoms. The molecule has 1 aromatic heterocycles. The Morgan fingerprint density at radius 3 is 1.93 bits per heavy atom. The number of nitrogens with zero attached hydrogens (tertiary/aromatic N) is 5. The minimum Gasteiger partial charge on any atom is -0.496 e. The van der Waals surface area contributed by atoms with Crippen molar-refractivity contribution in [1.82, 2.24) is 20.2 Å². The van der Waals surface area contributed by atoms with Crippen molar-refractivity contribution in [2.45, 2.75) is 44.5 Å². The van der Waals surface area contributed by atoms with Crippen molar-refractivity contribution in [3.8, 4) is 16.9 Å². The number of ether oxygens (including phenoxy) is 1. The van der Waals surface area contributed by atoms with Crippen molar-refractivity contribution < 1.29 is 49.4 Å². The number of alkyl halides is 9. The van der Waals surface area contributed by atoms with Gasteiger partial charge in [0.2, 0.25) is 0 Å². The van der Waals surface area contributed by atoms with E-state index in [1.54, 1.807) is 18.2 Å². The highest BCUT2D eigenvalue weighted by Gasteiger charge is 2.37. The zero-order valence-electron chi connectivity index (χ0n) is 23.7. The first kappa shape index (κ1) is 33.6. The topological polar surface area (TPSA) is 76.3 Å². The molecule has 0 aliphatic carbocycles. The third kappa shape index (κ3) is 8.23. The van der Waals surface area contributed by atoms with Gasteiger partial charge in [-0.15, -0.1) is 5.10 Å². The van der Waals surface area contributed by atoms with Crippen LogP contribution in [-0.2, 0) is 45.1 Å². The van der Waals surface area contributed by atoms with Crippen molar-refractivity contribution in [1.29, 1.82) is 0 Å². The molecule has 1 heterocycles. The molecule has 4 rings (SSSR count). The lowest BCUT2D eigenvalue weighted by Gasteiger charge is -2.25. The molecule has 0 radical (unpaired) electrons. The molecular formula is C29H26F9N5O2. The molecule has 0 spiro atoms. The third-order valence-corrected chi connectivity index (χ3v) is 6.77. The van der Waals surface area contributed by atoms with Crippen LogP contribution in [0.2, 0.25) is 0 Å². The van der Waals surface area contributed by atoms with Crippen LogP contribution >= 0.6 is 0 Å². The van der Waals surface area contributed by atoms with Gasteiger partial charge in [0.1, 0.15) is 5.75 Å². The average Bonchev–Trinajstić information content (AvgIpc) is 3.40. The Labute approximate surface area is 250 Å². The van der Waals surface area contributed by atoms with E-state index in [-0.39, 0.29) is 29.7 Å². The molecule has 7 nitrogen and oxygen atoms in total. The minimum absolute atomic E-state index is 0.00194. The molecule has 0 fully saturated rings. The van der Waals surface area contributed by atoms with E-state index in [0.717, 1.165) is 27.4 Å². The summed E-state index contributed by atoms with van der Waals surface area (Å²) < 4.78 is 128. The van der Waals surface area contributed by atoms with Crippen LogP contribution in [0.3, 0.4) is 0 Å².